The van der Waals surface area contributed by atoms with Crippen LogP contribution in [0.15, 0.2) is 58.8 Å². The molecule has 3 aromatic heterocycles. The summed E-state index contributed by atoms with van der Waals surface area (Å²) in [5, 5.41) is 12.7. The van der Waals surface area contributed by atoms with Crippen molar-refractivity contribution in [2.24, 2.45) is 0 Å². The summed E-state index contributed by atoms with van der Waals surface area (Å²) < 4.78 is 7.40. The number of rotatable bonds is 9. The van der Waals surface area contributed by atoms with Crippen molar-refractivity contribution in [2.45, 2.75) is 37.7 Å². The Morgan fingerprint density at radius 1 is 1.19 bits per heavy atom. The zero-order chi connectivity index (χ0) is 22.5. The highest BCUT2D eigenvalue weighted by Gasteiger charge is 2.17. The van der Waals surface area contributed by atoms with Crippen LogP contribution in [-0.4, -0.2) is 29.7 Å². The number of nitrogen functional groups attached to an aromatic ring is 1. The van der Waals surface area contributed by atoms with Gasteiger partial charge in [-0.1, -0.05) is 43.0 Å². The van der Waals surface area contributed by atoms with Crippen molar-refractivity contribution in [3.8, 4) is 11.4 Å². The van der Waals surface area contributed by atoms with Crippen molar-refractivity contribution in [3.63, 3.8) is 0 Å². The highest BCUT2D eigenvalue weighted by molar-refractivity contribution is 7.98. The second-order valence-electron chi connectivity index (χ2n) is 6.95. The highest BCUT2D eigenvalue weighted by Crippen LogP contribution is 2.28. The van der Waals surface area contributed by atoms with Gasteiger partial charge in [-0.25, -0.2) is 0 Å². The highest BCUT2D eigenvalue weighted by atomic mass is 32.2. The smallest absolute Gasteiger partial charge is 0.232 e. The van der Waals surface area contributed by atoms with Crippen LogP contribution in [0.25, 0.3) is 11.4 Å². The Morgan fingerprint density at radius 2 is 2.03 bits per heavy atom. The molecule has 0 aliphatic rings. The van der Waals surface area contributed by atoms with Gasteiger partial charge in [0.05, 0.1) is 17.6 Å². The molecule has 0 fully saturated rings. The maximum Gasteiger partial charge on any atom is 0.232 e. The first kappa shape index (κ1) is 21.6. The van der Waals surface area contributed by atoms with Gasteiger partial charge < -0.3 is 15.5 Å². The number of nitrogens with zero attached hydrogens (tertiary/aromatic N) is 6. The van der Waals surface area contributed by atoms with Gasteiger partial charge in [0.25, 0.3) is 0 Å². The summed E-state index contributed by atoms with van der Waals surface area (Å²) in [5.41, 5.74) is 8.96. The van der Waals surface area contributed by atoms with E-state index in [0.717, 1.165) is 34.4 Å². The molecule has 0 atom stereocenters. The van der Waals surface area contributed by atoms with E-state index in [4.69, 9.17) is 10.2 Å². The third-order valence-electron chi connectivity index (χ3n) is 4.80. The normalized spacial score (nSPS) is 10.9. The SMILES string of the molecule is C=CCn1c(SCc2nc(N)nc(Nc3ccccc3CC)n2)nnc1-c1ccoc1C. The van der Waals surface area contributed by atoms with Crippen LogP contribution >= 0.6 is 11.8 Å². The fourth-order valence-corrected chi connectivity index (χ4v) is 4.07. The summed E-state index contributed by atoms with van der Waals surface area (Å²) in [4.78, 5) is 13.1. The van der Waals surface area contributed by atoms with Crippen molar-refractivity contribution >= 4 is 29.3 Å². The van der Waals surface area contributed by atoms with Crippen LogP contribution in [0.3, 0.4) is 0 Å². The van der Waals surface area contributed by atoms with Gasteiger partial charge >= 0.3 is 0 Å². The molecule has 0 amide bonds. The number of thioether (sulfide) groups is 1. The van der Waals surface area contributed by atoms with Crippen LogP contribution in [0.2, 0.25) is 0 Å². The third-order valence-corrected chi connectivity index (χ3v) is 5.77. The van der Waals surface area contributed by atoms with E-state index in [1.165, 1.54) is 17.3 Å². The standard InChI is InChI=1S/C22H24N8OS/c1-4-11-30-19(16-10-12-31-14(16)3)28-29-22(30)32-13-18-25-20(23)27-21(26-18)24-17-9-7-6-8-15(17)5-2/h4,6-10,12H,1,5,11,13H2,2-3H3,(H3,23,24,25,26,27). The molecular formula is C22H24N8OS. The average Bonchev–Trinajstić information content (AvgIpc) is 3.38. The van der Waals surface area contributed by atoms with Crippen LogP contribution in [0.1, 0.15) is 24.1 Å². The quantitative estimate of drug-likeness (QED) is 0.283. The molecule has 0 saturated carbocycles. The number of aromatic nitrogens is 6. The van der Waals surface area contributed by atoms with Gasteiger partial charge in [0.2, 0.25) is 11.9 Å². The summed E-state index contributed by atoms with van der Waals surface area (Å²) in [7, 11) is 0. The minimum Gasteiger partial charge on any atom is -0.469 e. The number of para-hydroxylation sites is 1. The van der Waals surface area contributed by atoms with Crippen molar-refractivity contribution < 1.29 is 4.42 Å². The Morgan fingerprint density at radius 3 is 2.78 bits per heavy atom. The molecule has 1 aromatic carbocycles. The molecule has 10 heteroatoms. The van der Waals surface area contributed by atoms with Crippen molar-refractivity contribution in [1.82, 2.24) is 29.7 Å². The number of hydrogen-bond donors (Lipinski definition) is 2. The minimum absolute atomic E-state index is 0.161. The molecule has 0 spiro atoms. The Balaban J connectivity index is 1.55. The molecule has 164 valence electrons. The average molecular weight is 449 g/mol. The minimum atomic E-state index is 0.161. The zero-order valence-electron chi connectivity index (χ0n) is 17.9. The Hall–Kier alpha value is -3.66. The summed E-state index contributed by atoms with van der Waals surface area (Å²) in [5.74, 6) is 3.09. The predicted molar refractivity (Wildman–Crippen MR) is 126 cm³/mol. The molecule has 4 aromatic rings. The molecular weight excluding hydrogens is 424 g/mol. The number of allylic oxidation sites excluding steroid dienone is 1. The third kappa shape index (κ3) is 4.65. The number of hydrogen-bond acceptors (Lipinski definition) is 9. The second kappa shape index (κ2) is 9.65. The monoisotopic (exact) mass is 448 g/mol. The van der Waals surface area contributed by atoms with Gasteiger partial charge in [-0.05, 0) is 31.0 Å². The number of benzene rings is 1. The Kier molecular flexibility index (Phi) is 6.50. The van der Waals surface area contributed by atoms with E-state index in [9.17, 15) is 0 Å². The predicted octanol–water partition coefficient (Wildman–Crippen LogP) is 4.40. The number of nitrogens with one attached hydrogen (secondary N) is 1. The van der Waals surface area contributed by atoms with Gasteiger partial charge in [0.1, 0.15) is 11.6 Å². The molecule has 3 heterocycles. The summed E-state index contributed by atoms with van der Waals surface area (Å²) in [6.45, 7) is 8.41. The Bertz CT molecular complexity index is 1230. The van der Waals surface area contributed by atoms with E-state index in [2.05, 4.69) is 50.0 Å². The largest absolute Gasteiger partial charge is 0.469 e. The van der Waals surface area contributed by atoms with E-state index < -0.39 is 0 Å². The van der Waals surface area contributed by atoms with Crippen LogP contribution in [0.5, 0.6) is 0 Å². The molecule has 0 unspecified atom stereocenters. The summed E-state index contributed by atoms with van der Waals surface area (Å²) >= 11 is 1.47. The number of furan rings is 1. The van der Waals surface area contributed by atoms with E-state index >= 15 is 0 Å². The molecule has 0 aliphatic carbocycles. The fraction of sp³-hybridized carbons (Fsp3) is 0.227. The lowest BCUT2D eigenvalue weighted by Crippen LogP contribution is -2.08. The molecule has 0 radical (unpaired) electrons. The van der Waals surface area contributed by atoms with Gasteiger partial charge in [-0.3, -0.25) is 4.57 Å². The first-order valence-electron chi connectivity index (χ1n) is 10.2. The summed E-state index contributed by atoms with van der Waals surface area (Å²) in [6.07, 6.45) is 4.34. The Labute approximate surface area is 190 Å². The molecule has 0 saturated heterocycles. The maximum absolute atomic E-state index is 5.95. The van der Waals surface area contributed by atoms with Gasteiger partial charge in [0.15, 0.2) is 11.0 Å². The van der Waals surface area contributed by atoms with Crippen LogP contribution in [-0.2, 0) is 18.7 Å². The second-order valence-corrected chi connectivity index (χ2v) is 7.90. The number of nitrogens with two attached hydrogens (primary N) is 1. The zero-order valence-corrected chi connectivity index (χ0v) is 18.8. The molecule has 3 N–H and O–H groups in total. The van der Waals surface area contributed by atoms with E-state index in [1.807, 2.05) is 35.8 Å². The summed E-state index contributed by atoms with van der Waals surface area (Å²) in [6, 6.07) is 9.91. The van der Waals surface area contributed by atoms with Crippen LogP contribution in [0.4, 0.5) is 17.6 Å². The number of aryl methyl sites for hydroxylation is 2. The lowest BCUT2D eigenvalue weighted by Gasteiger charge is -2.11. The van der Waals surface area contributed by atoms with Crippen molar-refractivity contribution in [1.29, 1.82) is 0 Å². The van der Waals surface area contributed by atoms with Crippen molar-refractivity contribution in [3.05, 3.63) is 66.4 Å². The van der Waals surface area contributed by atoms with Crippen LogP contribution < -0.4 is 11.1 Å². The van der Waals surface area contributed by atoms with E-state index in [1.54, 1.807) is 12.3 Å². The van der Waals surface area contributed by atoms with Gasteiger partial charge in [-0.2, -0.15) is 15.0 Å². The van der Waals surface area contributed by atoms with Gasteiger partial charge in [0, 0.05) is 12.2 Å². The first-order valence-corrected chi connectivity index (χ1v) is 11.1. The molecule has 32 heavy (non-hydrogen) atoms. The molecule has 4 rings (SSSR count). The molecule has 0 aliphatic heterocycles. The lowest BCUT2D eigenvalue weighted by molar-refractivity contribution is 0.534. The maximum atomic E-state index is 5.95. The first-order chi connectivity index (χ1) is 15.6. The number of anilines is 3. The topological polar surface area (TPSA) is 121 Å². The van der Waals surface area contributed by atoms with E-state index in [-0.39, 0.29) is 5.95 Å². The lowest BCUT2D eigenvalue weighted by atomic mass is 10.1. The molecule has 0 bridgehead atoms. The fourth-order valence-electron chi connectivity index (χ4n) is 3.26. The van der Waals surface area contributed by atoms with E-state index in [0.29, 0.717) is 24.1 Å². The molecule has 9 nitrogen and oxygen atoms in total. The van der Waals surface area contributed by atoms with Crippen LogP contribution in [0, 0.1) is 6.92 Å². The van der Waals surface area contributed by atoms with Gasteiger partial charge in [-0.15, -0.1) is 16.8 Å². The van der Waals surface area contributed by atoms with Crippen molar-refractivity contribution in [2.75, 3.05) is 11.1 Å².